The van der Waals surface area contributed by atoms with E-state index < -0.39 is 55.8 Å². The number of ether oxygens (including phenoxy) is 1. The number of oxime groups is 1. The Morgan fingerprint density at radius 3 is 2.20 bits per heavy atom. The highest BCUT2D eigenvalue weighted by Gasteiger charge is 2.37. The number of fused-ring (bicyclic) bond motifs is 5. The van der Waals surface area contributed by atoms with Gasteiger partial charge in [0.25, 0.3) is 5.78 Å². The minimum atomic E-state index is -5.76. The average molecular weight is 629 g/mol. The van der Waals surface area contributed by atoms with Crippen LogP contribution in [0.15, 0.2) is 64.6 Å². The van der Waals surface area contributed by atoms with E-state index in [2.05, 4.69) is 9.44 Å². The third-order valence-electron chi connectivity index (χ3n) is 7.23. The van der Waals surface area contributed by atoms with Gasteiger partial charge in [-0.15, -0.1) is 0 Å². The number of nitrogens with zero attached hydrogens (tertiary/aromatic N) is 2. The van der Waals surface area contributed by atoms with Gasteiger partial charge in [0.05, 0.1) is 16.5 Å². The monoisotopic (exact) mass is 628 g/mol. The van der Waals surface area contributed by atoms with Crippen molar-refractivity contribution in [3.05, 3.63) is 106 Å². The summed E-state index contributed by atoms with van der Waals surface area (Å²) in [5, 5.41) is 3.95. The number of hydrogen-bond acceptors (Lipinski definition) is 7. The lowest BCUT2D eigenvalue weighted by Crippen LogP contribution is -2.17. The number of hydrogen-bond donors (Lipinski definition) is 0. The molecule has 0 atom stereocenters. The summed E-state index contributed by atoms with van der Waals surface area (Å²) in [6.07, 6.45) is 0. The molecule has 8 nitrogen and oxygen atoms in total. The molecule has 4 aromatic carbocycles. The highest BCUT2D eigenvalue weighted by Crippen LogP contribution is 2.42. The van der Waals surface area contributed by atoms with E-state index in [0.29, 0.717) is 39.5 Å². The molecule has 0 saturated heterocycles. The second-order valence-electron chi connectivity index (χ2n) is 9.71. The third-order valence-corrected chi connectivity index (χ3v) is 8.36. The summed E-state index contributed by atoms with van der Waals surface area (Å²) in [7, 11) is -5.76. The highest BCUT2D eigenvalue weighted by molar-refractivity contribution is 7.86. The first-order valence-corrected chi connectivity index (χ1v) is 14.2. The quantitative estimate of drug-likeness (QED) is 0.0715. The number of Topliss-reactive ketones (excluding diaryl/α,β-unsaturated/α-hetero) is 1. The van der Waals surface area contributed by atoms with Crippen molar-refractivity contribution in [2.75, 3.05) is 0 Å². The largest absolute Gasteiger partial charge is 0.432 e. The molecule has 0 saturated carbocycles. The summed E-state index contributed by atoms with van der Waals surface area (Å²) in [4.78, 5) is 24.2. The molecule has 1 aliphatic rings. The van der Waals surface area contributed by atoms with Crippen LogP contribution in [0.1, 0.15) is 38.8 Å². The molecule has 5 aromatic rings. The summed E-state index contributed by atoms with van der Waals surface area (Å²) in [5.74, 6) is -15.2. The number of halogens is 5. The molecular weight excluding hydrogens is 611 g/mol. The molecule has 1 aliphatic heterocycles. The molecule has 0 fully saturated rings. The summed E-state index contributed by atoms with van der Waals surface area (Å²) in [6.45, 7) is 4.15. The number of rotatable bonds is 6. The zero-order chi connectivity index (χ0) is 31.7. The van der Waals surface area contributed by atoms with E-state index in [9.17, 15) is 40.0 Å². The molecule has 0 bridgehead atoms. The lowest BCUT2D eigenvalue weighted by Gasteiger charge is -2.07. The van der Waals surface area contributed by atoms with Crippen LogP contribution in [0.5, 0.6) is 5.75 Å². The van der Waals surface area contributed by atoms with E-state index >= 15 is 0 Å². The molecule has 44 heavy (non-hydrogen) atoms. The van der Waals surface area contributed by atoms with Gasteiger partial charge in [-0.2, -0.15) is 8.42 Å². The van der Waals surface area contributed by atoms with Crippen molar-refractivity contribution < 1.29 is 49.0 Å². The molecule has 0 aliphatic carbocycles. The standard InChI is InChI=1S/C30H17F5N2O6S/c1-3-37-18-10-8-14(26(38)15-7-5-4-6-13(15)2)12-17(18)20-19(37)11-9-16-27(39)30(42-28(16)20)36-43-44(40,41)29-24(34)22(32)21(31)23(33)25(29)35/h4-12H,3H2,1-2H3/b36-30-. The van der Waals surface area contributed by atoms with E-state index in [4.69, 9.17) is 4.74 Å². The maximum absolute atomic E-state index is 14.1. The first kappa shape index (κ1) is 29.0. The van der Waals surface area contributed by atoms with E-state index in [1.54, 1.807) is 55.5 Å². The molecular formula is C30H17F5N2O6S. The molecule has 0 radical (unpaired) electrons. The minimum absolute atomic E-state index is 0.0684. The number of benzene rings is 4. The second kappa shape index (κ2) is 10.3. The Labute approximate surface area is 245 Å². The Hall–Kier alpha value is -5.11. The first-order chi connectivity index (χ1) is 20.9. The normalized spacial score (nSPS) is 14.0. The Morgan fingerprint density at radius 1 is 0.909 bits per heavy atom. The second-order valence-corrected chi connectivity index (χ2v) is 11.2. The van der Waals surface area contributed by atoms with Gasteiger partial charge in [-0.3, -0.25) is 13.9 Å². The Bertz CT molecular complexity index is 2220. The van der Waals surface area contributed by atoms with Gasteiger partial charge in [-0.25, -0.2) is 22.0 Å². The van der Waals surface area contributed by atoms with Gasteiger partial charge >= 0.3 is 16.0 Å². The third kappa shape index (κ3) is 4.24. The summed E-state index contributed by atoms with van der Waals surface area (Å²) in [5.41, 5.74) is 2.79. The Balaban J connectivity index is 1.44. The van der Waals surface area contributed by atoms with Crippen LogP contribution in [-0.2, 0) is 20.9 Å². The van der Waals surface area contributed by atoms with Gasteiger partial charge in [0.15, 0.2) is 39.7 Å². The first-order valence-electron chi connectivity index (χ1n) is 12.8. The zero-order valence-electron chi connectivity index (χ0n) is 22.5. The van der Waals surface area contributed by atoms with Crippen LogP contribution in [-0.4, -0.2) is 30.4 Å². The number of aromatic nitrogens is 1. The van der Waals surface area contributed by atoms with Crippen LogP contribution in [0, 0.1) is 36.0 Å². The number of carbonyl (C=O) groups is 2. The number of carbonyl (C=O) groups excluding carboxylic acids is 2. The van der Waals surface area contributed by atoms with Crippen molar-refractivity contribution in [3.8, 4) is 5.75 Å². The van der Waals surface area contributed by atoms with Gasteiger partial charge in [0, 0.05) is 28.6 Å². The molecule has 2 heterocycles. The van der Waals surface area contributed by atoms with E-state index in [1.807, 2.05) is 11.5 Å². The Morgan fingerprint density at radius 2 is 1.55 bits per heavy atom. The molecule has 1 aromatic heterocycles. The van der Waals surface area contributed by atoms with Gasteiger partial charge in [0.2, 0.25) is 5.82 Å². The van der Waals surface area contributed by atoms with Gasteiger partial charge < -0.3 is 9.30 Å². The zero-order valence-corrected chi connectivity index (χ0v) is 23.4. The molecule has 224 valence electrons. The summed E-state index contributed by atoms with van der Waals surface area (Å²) < 4.78 is 105. The van der Waals surface area contributed by atoms with Crippen molar-refractivity contribution in [1.82, 2.24) is 4.57 Å². The van der Waals surface area contributed by atoms with Crippen molar-refractivity contribution in [2.45, 2.75) is 25.3 Å². The lowest BCUT2D eigenvalue weighted by atomic mass is 9.97. The average Bonchev–Trinajstić information content (AvgIpc) is 3.51. The number of aryl methyl sites for hydroxylation is 2. The molecule has 0 N–H and O–H groups in total. The van der Waals surface area contributed by atoms with Crippen LogP contribution >= 0.6 is 0 Å². The maximum Gasteiger partial charge on any atom is 0.364 e. The maximum atomic E-state index is 14.1. The fourth-order valence-corrected chi connectivity index (χ4v) is 6.01. The fourth-order valence-electron chi connectivity index (χ4n) is 5.15. The van der Waals surface area contributed by atoms with Crippen LogP contribution < -0.4 is 4.74 Å². The molecule has 0 spiro atoms. The molecule has 14 heteroatoms. The summed E-state index contributed by atoms with van der Waals surface area (Å²) in [6, 6.07) is 15.1. The highest BCUT2D eigenvalue weighted by atomic mass is 32.2. The van der Waals surface area contributed by atoms with Crippen LogP contribution in [0.2, 0.25) is 0 Å². The Kier molecular flexibility index (Phi) is 6.76. The van der Waals surface area contributed by atoms with Crippen LogP contribution in [0.3, 0.4) is 0 Å². The van der Waals surface area contributed by atoms with E-state index in [0.717, 1.165) is 5.56 Å². The molecule has 6 rings (SSSR count). The van der Waals surface area contributed by atoms with Gasteiger partial charge in [0.1, 0.15) is 0 Å². The van der Waals surface area contributed by atoms with Crippen LogP contribution in [0.4, 0.5) is 22.0 Å². The fraction of sp³-hybridized carbons (Fsp3) is 0.100. The smallest absolute Gasteiger partial charge is 0.364 e. The van der Waals surface area contributed by atoms with Crippen molar-refractivity contribution in [2.24, 2.45) is 5.16 Å². The van der Waals surface area contributed by atoms with Crippen LogP contribution in [0.25, 0.3) is 21.8 Å². The number of ketones is 2. The van der Waals surface area contributed by atoms with E-state index in [-0.39, 0.29) is 17.1 Å². The minimum Gasteiger partial charge on any atom is -0.432 e. The van der Waals surface area contributed by atoms with Crippen molar-refractivity contribution in [1.29, 1.82) is 0 Å². The predicted octanol–water partition coefficient (Wildman–Crippen LogP) is 6.34. The SMILES string of the molecule is CCn1c2ccc(C(=O)c3ccccc3C)cc2c2c3c(ccc21)C(=O)/C(=N/OS(=O)(=O)c1c(F)c(F)c(F)c(F)c1F)O3. The molecule has 0 unspecified atom stereocenters. The van der Waals surface area contributed by atoms with Crippen molar-refractivity contribution >= 4 is 49.4 Å². The van der Waals surface area contributed by atoms with Gasteiger partial charge in [-0.1, -0.05) is 24.3 Å². The lowest BCUT2D eigenvalue weighted by molar-refractivity contribution is 0.103. The van der Waals surface area contributed by atoms with Gasteiger partial charge in [-0.05, 0) is 54.9 Å². The predicted molar refractivity (Wildman–Crippen MR) is 147 cm³/mol. The summed E-state index contributed by atoms with van der Waals surface area (Å²) >= 11 is 0. The van der Waals surface area contributed by atoms with E-state index in [1.165, 1.54) is 6.07 Å². The topological polar surface area (TPSA) is 104 Å². The molecule has 0 amide bonds. The van der Waals surface area contributed by atoms with Crippen molar-refractivity contribution in [3.63, 3.8) is 0 Å².